The summed E-state index contributed by atoms with van der Waals surface area (Å²) in [5.41, 5.74) is 2.53. The lowest BCUT2D eigenvalue weighted by molar-refractivity contribution is -0.126. The van der Waals surface area contributed by atoms with Crippen molar-refractivity contribution in [2.75, 3.05) is 6.54 Å². The number of carbonyl (C=O) groups excluding carboxylic acids is 1. The zero-order valence-corrected chi connectivity index (χ0v) is 17.1. The summed E-state index contributed by atoms with van der Waals surface area (Å²) in [6.07, 6.45) is 5.05. The van der Waals surface area contributed by atoms with Crippen LogP contribution in [0.25, 0.3) is 0 Å². The van der Waals surface area contributed by atoms with E-state index in [4.69, 9.17) is 4.74 Å². The third kappa shape index (κ3) is 3.49. The lowest BCUT2D eigenvalue weighted by atomic mass is 9.68. The number of hydrogen-bond acceptors (Lipinski definition) is 2. The maximum absolute atomic E-state index is 13.9. The normalized spacial score (nSPS) is 16.1. The molecule has 0 spiro atoms. The van der Waals surface area contributed by atoms with Crippen molar-refractivity contribution in [3.05, 3.63) is 95.6 Å². The first-order valence-electron chi connectivity index (χ1n) is 11.0. The van der Waals surface area contributed by atoms with Crippen LogP contribution in [0.2, 0.25) is 0 Å². The average Bonchev–Trinajstić information content (AvgIpc) is 3.62. The van der Waals surface area contributed by atoms with E-state index in [2.05, 4.69) is 41.7 Å². The molecule has 3 aromatic rings. The Bertz CT molecular complexity index is 994. The van der Waals surface area contributed by atoms with Gasteiger partial charge in [0, 0.05) is 17.7 Å². The van der Waals surface area contributed by atoms with Crippen LogP contribution in [0.4, 0.5) is 0 Å². The van der Waals surface area contributed by atoms with Crippen LogP contribution in [-0.2, 0) is 16.6 Å². The first kappa shape index (κ1) is 18.9. The number of aryl methyl sites for hydroxylation is 1. The Morgan fingerprint density at radius 3 is 2.10 bits per heavy atom. The molecule has 0 bridgehead atoms. The molecule has 0 saturated heterocycles. The van der Waals surface area contributed by atoms with E-state index in [0.29, 0.717) is 5.92 Å². The molecule has 1 heterocycles. The Kier molecular flexibility index (Phi) is 5.04. The van der Waals surface area contributed by atoms with Crippen molar-refractivity contribution in [3.63, 3.8) is 0 Å². The highest BCUT2D eigenvalue weighted by atomic mass is 16.5. The number of ether oxygens (including phenoxy) is 1. The smallest absolute Gasteiger partial charge is 0.235 e. The molecule has 2 aliphatic rings. The molecule has 1 fully saturated rings. The summed E-state index contributed by atoms with van der Waals surface area (Å²) in [4.78, 5) is 13.9. The monoisotopic (exact) mass is 397 g/mol. The highest BCUT2D eigenvalue weighted by molar-refractivity contribution is 5.94. The highest BCUT2D eigenvalue weighted by Crippen LogP contribution is 2.50. The van der Waals surface area contributed by atoms with E-state index in [1.54, 1.807) is 0 Å². The second-order valence-corrected chi connectivity index (χ2v) is 8.49. The zero-order valence-electron chi connectivity index (χ0n) is 17.1. The fourth-order valence-corrected chi connectivity index (χ4v) is 4.62. The molecule has 0 radical (unpaired) electrons. The van der Waals surface area contributed by atoms with Crippen LogP contribution in [0.3, 0.4) is 0 Å². The minimum Gasteiger partial charge on any atom is -0.457 e. The van der Waals surface area contributed by atoms with Gasteiger partial charge < -0.3 is 10.1 Å². The number of carbonyl (C=O) groups is 1. The van der Waals surface area contributed by atoms with Crippen LogP contribution in [0.1, 0.15) is 42.4 Å². The summed E-state index contributed by atoms with van der Waals surface area (Å²) in [7, 11) is 0. The summed E-state index contributed by atoms with van der Waals surface area (Å²) in [6, 6.07) is 26.6. The van der Waals surface area contributed by atoms with E-state index in [0.717, 1.165) is 48.4 Å². The van der Waals surface area contributed by atoms with Crippen molar-refractivity contribution in [1.29, 1.82) is 0 Å². The first-order valence-corrected chi connectivity index (χ1v) is 11.0. The van der Waals surface area contributed by atoms with E-state index in [9.17, 15) is 4.79 Å². The molecule has 3 heteroatoms. The van der Waals surface area contributed by atoms with Gasteiger partial charge >= 0.3 is 0 Å². The van der Waals surface area contributed by atoms with Crippen LogP contribution < -0.4 is 10.1 Å². The number of benzene rings is 3. The largest absolute Gasteiger partial charge is 0.457 e. The third-order valence-electron chi connectivity index (χ3n) is 6.41. The molecular weight excluding hydrogens is 370 g/mol. The molecule has 0 aromatic heterocycles. The topological polar surface area (TPSA) is 38.3 Å². The van der Waals surface area contributed by atoms with Gasteiger partial charge in [-0.05, 0) is 55.7 Å². The van der Waals surface area contributed by atoms with Gasteiger partial charge in [0.2, 0.25) is 5.91 Å². The van der Waals surface area contributed by atoms with Crippen LogP contribution >= 0.6 is 0 Å². The molecule has 152 valence electrons. The summed E-state index contributed by atoms with van der Waals surface area (Å²) in [5, 5.41) is 3.29. The lowest BCUT2D eigenvalue weighted by Gasteiger charge is -2.39. The average molecular weight is 398 g/mol. The predicted molar refractivity (Wildman–Crippen MR) is 119 cm³/mol. The van der Waals surface area contributed by atoms with Crippen molar-refractivity contribution in [3.8, 4) is 11.5 Å². The maximum atomic E-state index is 13.9. The minimum absolute atomic E-state index is 0.102. The Balaban J connectivity index is 1.54. The molecule has 1 amide bonds. The number of nitrogens with one attached hydrogen (secondary N) is 1. The summed E-state index contributed by atoms with van der Waals surface area (Å²) < 4.78 is 6.21. The minimum atomic E-state index is -0.727. The van der Waals surface area contributed by atoms with Gasteiger partial charge in [0.15, 0.2) is 0 Å². The third-order valence-corrected chi connectivity index (χ3v) is 6.41. The van der Waals surface area contributed by atoms with Crippen molar-refractivity contribution >= 4 is 5.91 Å². The molecule has 0 atom stereocenters. The summed E-state index contributed by atoms with van der Waals surface area (Å²) >= 11 is 0. The van der Waals surface area contributed by atoms with Gasteiger partial charge in [0.1, 0.15) is 16.9 Å². The Labute approximate surface area is 178 Å². The maximum Gasteiger partial charge on any atom is 0.235 e. The molecule has 3 aromatic carbocycles. The molecule has 1 saturated carbocycles. The first-order chi connectivity index (χ1) is 14.8. The second-order valence-electron chi connectivity index (χ2n) is 8.49. The van der Waals surface area contributed by atoms with Gasteiger partial charge in [-0.25, -0.2) is 0 Å². The Morgan fingerprint density at radius 1 is 0.867 bits per heavy atom. The van der Waals surface area contributed by atoms with Crippen LogP contribution in [0, 0.1) is 5.92 Å². The predicted octanol–water partition coefficient (Wildman–Crippen LogP) is 5.63. The molecule has 1 aliphatic heterocycles. The molecule has 1 N–H and O–H groups in total. The fourth-order valence-electron chi connectivity index (χ4n) is 4.62. The van der Waals surface area contributed by atoms with Crippen molar-refractivity contribution < 1.29 is 9.53 Å². The van der Waals surface area contributed by atoms with E-state index in [1.807, 2.05) is 42.5 Å². The van der Waals surface area contributed by atoms with E-state index < -0.39 is 5.41 Å². The Hall–Kier alpha value is -3.07. The van der Waals surface area contributed by atoms with Crippen molar-refractivity contribution in [1.82, 2.24) is 5.32 Å². The van der Waals surface area contributed by atoms with Gasteiger partial charge in [-0.2, -0.15) is 0 Å². The van der Waals surface area contributed by atoms with Gasteiger partial charge in [-0.3, -0.25) is 4.79 Å². The molecule has 0 unspecified atom stereocenters. The number of para-hydroxylation sites is 2. The van der Waals surface area contributed by atoms with E-state index in [-0.39, 0.29) is 5.91 Å². The number of fused-ring (bicyclic) bond motifs is 2. The number of hydrogen-bond donors (Lipinski definition) is 1. The van der Waals surface area contributed by atoms with E-state index in [1.165, 1.54) is 18.4 Å². The zero-order chi connectivity index (χ0) is 20.4. The van der Waals surface area contributed by atoms with Gasteiger partial charge in [-0.15, -0.1) is 0 Å². The summed E-state index contributed by atoms with van der Waals surface area (Å²) in [6.45, 7) is 0.768. The molecule has 5 rings (SSSR count). The van der Waals surface area contributed by atoms with Crippen molar-refractivity contribution in [2.24, 2.45) is 5.92 Å². The van der Waals surface area contributed by atoms with Crippen molar-refractivity contribution in [2.45, 2.75) is 37.5 Å². The van der Waals surface area contributed by atoms with Crippen LogP contribution in [-0.4, -0.2) is 12.5 Å². The number of rotatable bonds is 7. The second kappa shape index (κ2) is 7.98. The van der Waals surface area contributed by atoms with Crippen LogP contribution in [0.15, 0.2) is 78.9 Å². The number of amides is 1. The van der Waals surface area contributed by atoms with Gasteiger partial charge in [0.05, 0.1) is 0 Å². The molecule has 30 heavy (non-hydrogen) atoms. The van der Waals surface area contributed by atoms with E-state index >= 15 is 0 Å². The Morgan fingerprint density at radius 2 is 1.47 bits per heavy atom. The van der Waals surface area contributed by atoms with Gasteiger partial charge in [0.25, 0.3) is 0 Å². The molecule has 3 nitrogen and oxygen atoms in total. The van der Waals surface area contributed by atoms with Gasteiger partial charge in [-0.1, -0.05) is 66.7 Å². The SMILES string of the molecule is O=C(NCC1CC1)C1(CCCc2ccccc2)c2ccccc2Oc2ccccc21. The quantitative estimate of drug-likeness (QED) is 0.561. The molecular formula is C27H27NO2. The summed E-state index contributed by atoms with van der Waals surface area (Å²) in [5.74, 6) is 2.32. The standard InChI is InChI=1S/C27H27NO2/c29-26(28-19-21-16-17-21)27(18-8-11-20-9-2-1-3-10-20)22-12-4-6-14-24(22)30-25-15-7-5-13-23(25)27/h1-7,9-10,12-15,21H,8,11,16-19H2,(H,28,29). The molecule has 1 aliphatic carbocycles. The lowest BCUT2D eigenvalue weighted by Crippen LogP contribution is -2.47. The van der Waals surface area contributed by atoms with Crippen LogP contribution in [0.5, 0.6) is 11.5 Å². The highest BCUT2D eigenvalue weighted by Gasteiger charge is 2.47. The fraction of sp³-hybridized carbons (Fsp3) is 0.296.